The SMILES string of the molecule is CCN(CCCO)c1cccc(OC(C)C)c1[N+](=O)[O-]. The van der Waals surface area contributed by atoms with E-state index in [0.717, 1.165) is 0 Å². The van der Waals surface area contributed by atoms with Crippen molar-refractivity contribution in [3.05, 3.63) is 28.3 Å². The molecule has 0 fully saturated rings. The summed E-state index contributed by atoms with van der Waals surface area (Å²) in [6, 6.07) is 5.08. The lowest BCUT2D eigenvalue weighted by Gasteiger charge is -2.23. The monoisotopic (exact) mass is 282 g/mol. The minimum Gasteiger partial charge on any atom is -0.484 e. The van der Waals surface area contributed by atoms with Gasteiger partial charge in [0, 0.05) is 19.7 Å². The maximum Gasteiger partial charge on any atom is 0.333 e. The van der Waals surface area contributed by atoms with Gasteiger partial charge in [-0.15, -0.1) is 0 Å². The number of nitrogens with zero attached hydrogens (tertiary/aromatic N) is 2. The van der Waals surface area contributed by atoms with Gasteiger partial charge in [0.2, 0.25) is 0 Å². The fourth-order valence-corrected chi connectivity index (χ4v) is 2.01. The first-order valence-electron chi connectivity index (χ1n) is 6.81. The van der Waals surface area contributed by atoms with E-state index in [4.69, 9.17) is 9.84 Å². The number of nitro groups is 1. The molecule has 20 heavy (non-hydrogen) atoms. The zero-order chi connectivity index (χ0) is 15.1. The normalized spacial score (nSPS) is 10.7. The highest BCUT2D eigenvalue weighted by molar-refractivity contribution is 5.69. The Hall–Kier alpha value is -1.82. The van der Waals surface area contributed by atoms with Crippen molar-refractivity contribution < 1.29 is 14.8 Å². The summed E-state index contributed by atoms with van der Waals surface area (Å²) < 4.78 is 5.53. The lowest BCUT2D eigenvalue weighted by Crippen LogP contribution is -2.25. The molecule has 0 atom stereocenters. The standard InChI is InChI=1S/C14H22N2O4/c1-4-15(9-6-10-17)12-7-5-8-13(20-11(2)3)14(12)16(18)19/h5,7-8,11,17H,4,6,9-10H2,1-3H3. The minimum absolute atomic E-state index is 0.0130. The summed E-state index contributed by atoms with van der Waals surface area (Å²) in [7, 11) is 0. The first kappa shape index (κ1) is 16.2. The van der Waals surface area contributed by atoms with Crippen LogP contribution >= 0.6 is 0 Å². The van der Waals surface area contributed by atoms with E-state index in [9.17, 15) is 10.1 Å². The van der Waals surface area contributed by atoms with Gasteiger partial charge in [-0.25, -0.2) is 0 Å². The van der Waals surface area contributed by atoms with Crippen molar-refractivity contribution in [2.24, 2.45) is 0 Å². The first-order chi connectivity index (χ1) is 9.51. The van der Waals surface area contributed by atoms with Crippen LogP contribution in [0.25, 0.3) is 0 Å². The van der Waals surface area contributed by atoms with Crippen molar-refractivity contribution >= 4 is 11.4 Å². The largest absolute Gasteiger partial charge is 0.484 e. The van der Waals surface area contributed by atoms with Gasteiger partial charge in [-0.05, 0) is 39.3 Å². The number of rotatable bonds is 8. The van der Waals surface area contributed by atoms with Crippen LogP contribution in [0.3, 0.4) is 0 Å². The van der Waals surface area contributed by atoms with Crippen LogP contribution in [-0.4, -0.2) is 35.8 Å². The van der Waals surface area contributed by atoms with E-state index >= 15 is 0 Å². The van der Waals surface area contributed by atoms with E-state index in [1.54, 1.807) is 18.2 Å². The summed E-state index contributed by atoms with van der Waals surface area (Å²) >= 11 is 0. The van der Waals surface area contributed by atoms with Crippen molar-refractivity contribution in [2.45, 2.75) is 33.3 Å². The van der Waals surface area contributed by atoms with Crippen LogP contribution in [0.1, 0.15) is 27.2 Å². The first-order valence-corrected chi connectivity index (χ1v) is 6.81. The molecule has 0 bridgehead atoms. The Morgan fingerprint density at radius 3 is 2.65 bits per heavy atom. The van der Waals surface area contributed by atoms with Crippen molar-refractivity contribution in [1.29, 1.82) is 0 Å². The number of hydrogen-bond donors (Lipinski definition) is 1. The molecule has 0 radical (unpaired) electrons. The highest BCUT2D eigenvalue weighted by atomic mass is 16.6. The molecule has 0 amide bonds. The molecule has 112 valence electrons. The van der Waals surface area contributed by atoms with E-state index in [0.29, 0.717) is 25.2 Å². The number of para-hydroxylation sites is 1. The molecule has 0 heterocycles. The van der Waals surface area contributed by atoms with Crippen LogP contribution in [0.5, 0.6) is 5.75 Å². The average Bonchev–Trinajstić information content (AvgIpc) is 2.38. The van der Waals surface area contributed by atoms with E-state index < -0.39 is 4.92 Å². The molecule has 0 saturated carbocycles. The van der Waals surface area contributed by atoms with Gasteiger partial charge >= 0.3 is 5.69 Å². The third kappa shape index (κ3) is 4.09. The van der Waals surface area contributed by atoms with E-state index in [2.05, 4.69) is 0 Å². The topological polar surface area (TPSA) is 75.8 Å². The van der Waals surface area contributed by atoms with Crippen molar-refractivity contribution in [1.82, 2.24) is 0 Å². The summed E-state index contributed by atoms with van der Waals surface area (Å²) in [5.74, 6) is 0.282. The molecule has 0 aromatic heterocycles. The molecule has 6 heteroatoms. The molecule has 1 aromatic rings. The second kappa shape index (κ2) is 7.69. The van der Waals surface area contributed by atoms with Crippen molar-refractivity contribution in [2.75, 3.05) is 24.6 Å². The Balaban J connectivity index is 3.19. The molecule has 0 saturated heterocycles. The number of hydrogen-bond acceptors (Lipinski definition) is 5. The van der Waals surface area contributed by atoms with Gasteiger partial charge < -0.3 is 14.7 Å². The Labute approximate surface area is 119 Å². The van der Waals surface area contributed by atoms with E-state index in [1.165, 1.54) is 0 Å². The predicted molar refractivity (Wildman–Crippen MR) is 78.5 cm³/mol. The maximum atomic E-state index is 11.4. The van der Waals surface area contributed by atoms with Crippen LogP contribution < -0.4 is 9.64 Å². The quantitative estimate of drug-likeness (QED) is 0.586. The van der Waals surface area contributed by atoms with Crippen LogP contribution in [0.4, 0.5) is 11.4 Å². The van der Waals surface area contributed by atoms with Gasteiger partial charge in [0.1, 0.15) is 5.69 Å². The Kier molecular flexibility index (Phi) is 6.24. The fourth-order valence-electron chi connectivity index (χ4n) is 2.01. The Bertz CT molecular complexity index is 449. The van der Waals surface area contributed by atoms with Crippen LogP contribution in [0.15, 0.2) is 18.2 Å². The summed E-state index contributed by atoms with van der Waals surface area (Å²) in [6.45, 7) is 6.86. The van der Waals surface area contributed by atoms with Gasteiger partial charge in [-0.2, -0.15) is 0 Å². The number of anilines is 1. The number of benzene rings is 1. The van der Waals surface area contributed by atoms with Crippen molar-refractivity contribution in [3.8, 4) is 5.75 Å². The molecule has 0 unspecified atom stereocenters. The van der Waals surface area contributed by atoms with Gasteiger partial charge in [0.25, 0.3) is 0 Å². The summed E-state index contributed by atoms with van der Waals surface area (Å²) in [6.07, 6.45) is 0.441. The molecule has 1 rings (SSSR count). The molecular weight excluding hydrogens is 260 g/mol. The van der Waals surface area contributed by atoms with Gasteiger partial charge in [0.15, 0.2) is 5.75 Å². The summed E-state index contributed by atoms with van der Waals surface area (Å²) in [4.78, 5) is 12.8. The Morgan fingerprint density at radius 1 is 1.45 bits per heavy atom. The predicted octanol–water partition coefficient (Wildman–Crippen LogP) is 2.59. The number of nitro benzene ring substituents is 1. The maximum absolute atomic E-state index is 11.4. The van der Waals surface area contributed by atoms with Gasteiger partial charge in [-0.3, -0.25) is 10.1 Å². The lowest BCUT2D eigenvalue weighted by molar-refractivity contribution is -0.385. The van der Waals surface area contributed by atoms with Gasteiger partial charge in [-0.1, -0.05) is 6.07 Å². The van der Waals surface area contributed by atoms with E-state index in [1.807, 2.05) is 25.7 Å². The third-order valence-electron chi connectivity index (χ3n) is 2.83. The zero-order valence-corrected chi connectivity index (χ0v) is 12.2. The highest BCUT2D eigenvalue weighted by Crippen LogP contribution is 2.37. The second-order valence-electron chi connectivity index (χ2n) is 4.70. The summed E-state index contributed by atoms with van der Waals surface area (Å²) in [5.41, 5.74) is 0.519. The fraction of sp³-hybridized carbons (Fsp3) is 0.571. The molecule has 1 N–H and O–H groups in total. The zero-order valence-electron chi connectivity index (χ0n) is 12.2. The molecule has 0 aliphatic rings. The van der Waals surface area contributed by atoms with E-state index in [-0.39, 0.29) is 24.1 Å². The number of ether oxygens (including phenoxy) is 1. The Morgan fingerprint density at radius 2 is 2.15 bits per heavy atom. The van der Waals surface area contributed by atoms with Crippen LogP contribution in [0.2, 0.25) is 0 Å². The summed E-state index contributed by atoms with van der Waals surface area (Å²) in [5, 5.41) is 20.3. The lowest BCUT2D eigenvalue weighted by atomic mass is 10.2. The molecule has 6 nitrogen and oxygen atoms in total. The molecule has 0 aliphatic carbocycles. The molecule has 1 aromatic carbocycles. The smallest absolute Gasteiger partial charge is 0.333 e. The number of aliphatic hydroxyl groups is 1. The molecular formula is C14H22N2O4. The van der Waals surface area contributed by atoms with Crippen LogP contribution in [0, 0.1) is 10.1 Å². The second-order valence-corrected chi connectivity index (χ2v) is 4.70. The van der Waals surface area contributed by atoms with Crippen molar-refractivity contribution in [3.63, 3.8) is 0 Å². The average molecular weight is 282 g/mol. The van der Waals surface area contributed by atoms with Crippen LogP contribution in [-0.2, 0) is 0 Å². The third-order valence-corrected chi connectivity index (χ3v) is 2.83. The minimum atomic E-state index is -0.408. The van der Waals surface area contributed by atoms with Gasteiger partial charge in [0.05, 0.1) is 11.0 Å². The highest BCUT2D eigenvalue weighted by Gasteiger charge is 2.24. The number of aliphatic hydroxyl groups excluding tert-OH is 1. The molecule has 0 aliphatic heterocycles. The molecule has 0 spiro atoms.